The molecule has 0 aliphatic heterocycles. The lowest BCUT2D eigenvalue weighted by atomic mass is 10.1. The molecule has 130 valence electrons. The summed E-state index contributed by atoms with van der Waals surface area (Å²) in [6.45, 7) is 1.34. The predicted octanol–water partition coefficient (Wildman–Crippen LogP) is -0.767. The smallest absolute Gasteiger partial charge is 0.320 e. The van der Waals surface area contributed by atoms with Gasteiger partial charge in [0.05, 0.1) is 18.9 Å². The Bertz CT molecular complexity index is 884. The Hall–Kier alpha value is -2.65. The summed E-state index contributed by atoms with van der Waals surface area (Å²) in [6.07, 6.45) is 0. The van der Waals surface area contributed by atoms with Gasteiger partial charge in [-0.15, -0.1) is 0 Å². The topological polar surface area (TPSA) is 108 Å². The summed E-state index contributed by atoms with van der Waals surface area (Å²) in [6, 6.07) is 7.94. The quantitative estimate of drug-likeness (QED) is 0.429. The highest BCUT2D eigenvalue weighted by Crippen LogP contribution is 2.19. The van der Waals surface area contributed by atoms with Crippen molar-refractivity contribution in [3.05, 3.63) is 35.4 Å². The van der Waals surface area contributed by atoms with Gasteiger partial charge in [0.25, 0.3) is 0 Å². The Labute approximate surface area is 146 Å². The number of nitrogen functional groups attached to an aromatic ring is 1. The van der Waals surface area contributed by atoms with Gasteiger partial charge in [0.15, 0.2) is 19.3 Å². The van der Waals surface area contributed by atoms with Gasteiger partial charge in [-0.3, -0.25) is 0 Å². The van der Waals surface area contributed by atoms with Crippen LogP contribution in [0.15, 0.2) is 24.3 Å². The molecule has 0 unspecified atom stereocenters. The lowest BCUT2D eigenvalue weighted by Gasteiger charge is -2.09. The number of hydrogen-bond donors (Lipinski definition) is 2. The molecular weight excluding hydrogens is 321 g/mol. The number of rotatable bonds is 7. The Morgan fingerprint density at radius 3 is 2.76 bits per heavy atom. The predicted molar refractivity (Wildman–Crippen MR) is 96.8 cm³/mol. The molecule has 3 N–H and O–H groups in total. The zero-order chi connectivity index (χ0) is 17.8. The minimum atomic E-state index is 0.00407. The second-order valence-electron chi connectivity index (χ2n) is 5.63. The molecule has 0 fully saturated rings. The van der Waals surface area contributed by atoms with Gasteiger partial charge in [0, 0.05) is 13.7 Å². The fraction of sp³-hybridized carbons (Fsp3) is 0.312. The molecule has 0 aliphatic carbocycles. The molecule has 0 aliphatic rings. The van der Waals surface area contributed by atoms with E-state index in [-0.39, 0.29) is 18.4 Å². The van der Waals surface area contributed by atoms with Crippen molar-refractivity contribution in [2.45, 2.75) is 13.2 Å². The zero-order valence-corrected chi connectivity index (χ0v) is 14.3. The minimum absolute atomic E-state index is 0.00407. The highest BCUT2D eigenvalue weighted by atomic mass is 16.5. The summed E-state index contributed by atoms with van der Waals surface area (Å²) in [7, 11) is 3.49. The van der Waals surface area contributed by atoms with E-state index in [9.17, 15) is 5.11 Å². The molecule has 0 amide bonds. The molecule has 1 aromatic carbocycles. The van der Waals surface area contributed by atoms with E-state index >= 15 is 0 Å². The zero-order valence-electron chi connectivity index (χ0n) is 14.3. The molecule has 0 atom stereocenters. The van der Waals surface area contributed by atoms with Crippen molar-refractivity contribution in [2.24, 2.45) is 0 Å². The van der Waals surface area contributed by atoms with Gasteiger partial charge >= 0.3 is 6.01 Å². The van der Waals surface area contributed by atoms with Crippen LogP contribution in [0.3, 0.4) is 0 Å². The van der Waals surface area contributed by atoms with Crippen molar-refractivity contribution in [3.8, 4) is 6.01 Å². The number of nitrogens with zero attached hydrogens (tertiary/aromatic N) is 4. The van der Waals surface area contributed by atoms with E-state index in [2.05, 4.69) is 15.0 Å². The number of imidazole rings is 1. The summed E-state index contributed by atoms with van der Waals surface area (Å²) in [4.78, 5) is 13.1. The normalized spacial score (nSPS) is 11.1. The summed E-state index contributed by atoms with van der Waals surface area (Å²) in [5, 5.41) is 9.31. The average molecular weight is 341 g/mol. The molecule has 9 heteroatoms. The van der Waals surface area contributed by atoms with Crippen molar-refractivity contribution in [3.63, 3.8) is 0 Å². The molecule has 2 aromatic heterocycles. The van der Waals surface area contributed by atoms with Crippen LogP contribution in [0.2, 0.25) is 0 Å². The second-order valence-corrected chi connectivity index (χ2v) is 5.63. The highest BCUT2D eigenvalue weighted by molar-refractivity contribution is 6.30. The number of nitrogens with two attached hydrogens (primary N) is 1. The first-order chi connectivity index (χ1) is 12.1. The lowest BCUT2D eigenvalue weighted by molar-refractivity contribution is 0.141. The minimum Gasteiger partial charge on any atom is -0.461 e. The van der Waals surface area contributed by atoms with Crippen molar-refractivity contribution in [1.82, 2.24) is 19.5 Å². The number of aliphatic hydroxyl groups excluding tert-OH is 1. The van der Waals surface area contributed by atoms with Gasteiger partial charge in [0.1, 0.15) is 12.1 Å². The first-order valence-electron chi connectivity index (χ1n) is 7.93. The maximum absolute atomic E-state index is 9.31. The van der Waals surface area contributed by atoms with Gasteiger partial charge in [0.2, 0.25) is 0 Å². The van der Waals surface area contributed by atoms with Crippen molar-refractivity contribution < 1.29 is 14.6 Å². The summed E-state index contributed by atoms with van der Waals surface area (Å²) in [5.41, 5.74) is 9.85. The van der Waals surface area contributed by atoms with Crippen LogP contribution in [-0.2, 0) is 17.9 Å². The van der Waals surface area contributed by atoms with Crippen molar-refractivity contribution in [2.75, 3.05) is 26.1 Å². The van der Waals surface area contributed by atoms with Crippen LogP contribution in [0.1, 0.15) is 11.1 Å². The van der Waals surface area contributed by atoms with E-state index < -0.39 is 0 Å². The monoisotopic (exact) mass is 341 g/mol. The third-order valence-electron chi connectivity index (χ3n) is 3.83. The number of benzene rings is 1. The van der Waals surface area contributed by atoms with Crippen LogP contribution >= 0.6 is 0 Å². The molecule has 0 radical (unpaired) electrons. The van der Waals surface area contributed by atoms with Gasteiger partial charge in [-0.05, 0) is 11.1 Å². The third-order valence-corrected chi connectivity index (χ3v) is 3.83. The number of hydrogen-bond acceptors (Lipinski definition) is 7. The maximum atomic E-state index is 9.31. The molecule has 0 bridgehead atoms. The summed E-state index contributed by atoms with van der Waals surface area (Å²) in [5.74, 6) is 0.281. The van der Waals surface area contributed by atoms with Crippen molar-refractivity contribution in [1.29, 1.82) is 0 Å². The van der Waals surface area contributed by atoms with E-state index in [0.29, 0.717) is 30.9 Å². The Morgan fingerprint density at radius 1 is 1.20 bits per heavy atom. The Balaban J connectivity index is 1.97. The second kappa shape index (κ2) is 7.50. The van der Waals surface area contributed by atoms with Crippen LogP contribution in [0, 0.1) is 0 Å². The van der Waals surface area contributed by atoms with Crippen LogP contribution in [0.25, 0.3) is 11.2 Å². The van der Waals surface area contributed by atoms with E-state index in [0.717, 1.165) is 16.9 Å². The SMILES string of the molecule is Bc1nc2c(N)nc(OCCOC)nc2n1Cc1cccc(CO)c1. The molecule has 0 saturated carbocycles. The largest absolute Gasteiger partial charge is 0.461 e. The lowest BCUT2D eigenvalue weighted by Crippen LogP contribution is -2.20. The van der Waals surface area contributed by atoms with Gasteiger partial charge in [-0.1, -0.05) is 24.3 Å². The molecule has 8 nitrogen and oxygen atoms in total. The van der Waals surface area contributed by atoms with Gasteiger partial charge in [-0.25, -0.2) is 4.98 Å². The van der Waals surface area contributed by atoms with E-state index in [4.69, 9.17) is 15.2 Å². The van der Waals surface area contributed by atoms with Crippen LogP contribution in [-0.4, -0.2) is 52.8 Å². The fourth-order valence-electron chi connectivity index (χ4n) is 2.59. The Kier molecular flexibility index (Phi) is 5.15. The maximum Gasteiger partial charge on any atom is 0.320 e. The van der Waals surface area contributed by atoms with Gasteiger partial charge in [-0.2, -0.15) is 9.97 Å². The number of ether oxygens (including phenoxy) is 2. The number of aromatic nitrogens is 4. The van der Waals surface area contributed by atoms with Gasteiger partial charge < -0.3 is 24.9 Å². The number of fused-ring (bicyclic) bond motifs is 1. The third kappa shape index (κ3) is 3.72. The van der Waals surface area contributed by atoms with Crippen LogP contribution in [0.5, 0.6) is 6.01 Å². The molecule has 0 spiro atoms. The molecule has 25 heavy (non-hydrogen) atoms. The van der Waals surface area contributed by atoms with E-state index in [1.54, 1.807) is 7.11 Å². The average Bonchev–Trinajstić information content (AvgIpc) is 2.92. The van der Waals surface area contributed by atoms with Crippen LogP contribution < -0.4 is 16.2 Å². The number of aliphatic hydroxyl groups is 1. The standard InChI is InChI=1S/C16H20BN5O3/c1-24-5-6-25-16-20-13(18)12-14(21-16)22(15(17)19-12)8-10-3-2-4-11(7-10)9-23/h2-4,7,23H,5-6,8-9,17H2,1H3,(H2,18,20,21). The highest BCUT2D eigenvalue weighted by Gasteiger charge is 2.15. The molecule has 3 rings (SSSR count). The summed E-state index contributed by atoms with van der Waals surface area (Å²) >= 11 is 0. The van der Waals surface area contributed by atoms with E-state index in [1.165, 1.54) is 0 Å². The molecule has 3 aromatic rings. The number of methoxy groups -OCH3 is 1. The first-order valence-corrected chi connectivity index (χ1v) is 7.93. The van der Waals surface area contributed by atoms with E-state index in [1.807, 2.05) is 36.7 Å². The van der Waals surface area contributed by atoms with Crippen molar-refractivity contribution >= 4 is 30.6 Å². The first kappa shape index (κ1) is 17.2. The summed E-state index contributed by atoms with van der Waals surface area (Å²) < 4.78 is 12.4. The molecular formula is C16H20BN5O3. The Morgan fingerprint density at radius 2 is 2.00 bits per heavy atom. The fourth-order valence-corrected chi connectivity index (χ4v) is 2.59. The van der Waals surface area contributed by atoms with Crippen LogP contribution in [0.4, 0.5) is 5.82 Å². The molecule has 2 heterocycles. The molecule has 0 saturated heterocycles. The number of anilines is 1.